The predicted octanol–water partition coefficient (Wildman–Crippen LogP) is 3.06. The molecule has 0 unspecified atom stereocenters. The third kappa shape index (κ3) is 2.06. The summed E-state index contributed by atoms with van der Waals surface area (Å²) in [5.74, 6) is -1.89. The molecule has 0 aliphatic carbocycles. The smallest absolute Gasteiger partial charge is 0.341 e. The highest BCUT2D eigenvalue weighted by Crippen LogP contribution is 2.35. The van der Waals surface area contributed by atoms with Crippen molar-refractivity contribution in [2.45, 2.75) is 0 Å². The molecule has 2 N–H and O–H groups in total. The first-order chi connectivity index (χ1) is 8.54. The lowest BCUT2D eigenvalue weighted by molar-refractivity contribution is 0.0603. The second-order valence-electron chi connectivity index (χ2n) is 3.50. The maximum absolute atomic E-state index is 13.7. The number of halogens is 2. The van der Waals surface area contributed by atoms with Crippen LogP contribution in [0.1, 0.15) is 10.4 Å². The molecule has 1 heterocycles. The summed E-state index contributed by atoms with van der Waals surface area (Å²) < 4.78 is 31.4. The normalized spacial score (nSPS) is 10.4. The van der Waals surface area contributed by atoms with Crippen LogP contribution in [0.25, 0.3) is 11.1 Å². The largest absolute Gasteiger partial charge is 0.465 e. The number of hydrogen-bond acceptors (Lipinski definition) is 4. The zero-order valence-corrected chi connectivity index (χ0v) is 10.2. The molecule has 2 aromatic rings. The van der Waals surface area contributed by atoms with E-state index in [2.05, 4.69) is 4.74 Å². The predicted molar refractivity (Wildman–Crippen MR) is 65.4 cm³/mol. The number of methoxy groups -OCH3 is 1. The van der Waals surface area contributed by atoms with Gasteiger partial charge in [0.25, 0.3) is 0 Å². The van der Waals surface area contributed by atoms with Gasteiger partial charge in [-0.2, -0.15) is 0 Å². The van der Waals surface area contributed by atoms with E-state index < -0.39 is 17.6 Å². The van der Waals surface area contributed by atoms with Crippen LogP contribution in [0.2, 0.25) is 0 Å². The van der Waals surface area contributed by atoms with Crippen LogP contribution >= 0.6 is 11.3 Å². The molecule has 18 heavy (non-hydrogen) atoms. The summed E-state index contributed by atoms with van der Waals surface area (Å²) in [6.07, 6.45) is 0. The average Bonchev–Trinajstić information content (AvgIpc) is 2.73. The molecule has 2 rings (SSSR count). The van der Waals surface area contributed by atoms with Gasteiger partial charge in [-0.25, -0.2) is 13.6 Å². The molecule has 0 spiro atoms. The van der Waals surface area contributed by atoms with E-state index in [0.29, 0.717) is 0 Å². The van der Waals surface area contributed by atoms with E-state index in [1.54, 1.807) is 0 Å². The molecule has 0 aliphatic heterocycles. The summed E-state index contributed by atoms with van der Waals surface area (Å²) in [7, 11) is 1.20. The maximum Gasteiger partial charge on any atom is 0.341 e. The lowest BCUT2D eigenvalue weighted by Gasteiger charge is -2.05. The summed E-state index contributed by atoms with van der Waals surface area (Å²) in [4.78, 5) is 11.6. The molecule has 0 radical (unpaired) electrons. The quantitative estimate of drug-likeness (QED) is 0.852. The first kappa shape index (κ1) is 12.5. The Morgan fingerprint density at radius 1 is 1.33 bits per heavy atom. The fourth-order valence-electron chi connectivity index (χ4n) is 1.59. The van der Waals surface area contributed by atoms with Gasteiger partial charge in [-0.3, -0.25) is 0 Å². The minimum atomic E-state index is -0.674. The molecule has 94 valence electrons. The fraction of sp³-hybridized carbons (Fsp3) is 0.0833. The van der Waals surface area contributed by atoms with Crippen molar-refractivity contribution in [3.63, 3.8) is 0 Å². The van der Waals surface area contributed by atoms with Crippen molar-refractivity contribution >= 4 is 22.3 Å². The van der Waals surface area contributed by atoms with E-state index in [1.807, 2.05) is 0 Å². The number of hydrogen-bond donors (Lipinski definition) is 1. The van der Waals surface area contributed by atoms with Crippen LogP contribution < -0.4 is 5.73 Å². The molecule has 0 aliphatic rings. The van der Waals surface area contributed by atoms with Gasteiger partial charge in [-0.1, -0.05) is 0 Å². The van der Waals surface area contributed by atoms with Gasteiger partial charge >= 0.3 is 5.97 Å². The summed E-state index contributed by atoms with van der Waals surface area (Å²) in [5.41, 5.74) is 5.93. The topological polar surface area (TPSA) is 52.3 Å². The Kier molecular flexibility index (Phi) is 3.29. The molecular weight excluding hydrogens is 260 g/mol. The highest BCUT2D eigenvalue weighted by molar-refractivity contribution is 7.14. The van der Waals surface area contributed by atoms with E-state index in [4.69, 9.17) is 5.73 Å². The van der Waals surface area contributed by atoms with Gasteiger partial charge in [0.05, 0.1) is 7.11 Å². The fourth-order valence-corrected chi connectivity index (χ4v) is 2.39. The van der Waals surface area contributed by atoms with Crippen LogP contribution in [0.4, 0.5) is 13.8 Å². The lowest BCUT2D eigenvalue weighted by Crippen LogP contribution is -2.05. The summed E-state index contributed by atoms with van der Waals surface area (Å²) in [6.45, 7) is 0. The van der Waals surface area contributed by atoms with Crippen molar-refractivity contribution < 1.29 is 18.3 Å². The Bertz CT molecular complexity index is 610. The highest BCUT2D eigenvalue weighted by Gasteiger charge is 2.21. The van der Waals surface area contributed by atoms with Crippen molar-refractivity contribution in [3.8, 4) is 11.1 Å². The van der Waals surface area contributed by atoms with Crippen LogP contribution in [0.5, 0.6) is 0 Å². The molecule has 0 saturated carbocycles. The van der Waals surface area contributed by atoms with Gasteiger partial charge in [-0.05, 0) is 18.2 Å². The van der Waals surface area contributed by atoms with Gasteiger partial charge in [0.1, 0.15) is 22.2 Å². The third-order valence-corrected chi connectivity index (χ3v) is 3.24. The van der Waals surface area contributed by atoms with Crippen LogP contribution in [-0.2, 0) is 4.74 Å². The molecule has 0 bridgehead atoms. The molecule has 1 aromatic carbocycles. The standard InChI is InChI=1S/C12H9F2NO2S/c1-17-12(16)10-8(5-18-11(10)15)7-4-6(13)2-3-9(7)14/h2-5H,15H2,1H3. The number of rotatable bonds is 2. The molecule has 3 nitrogen and oxygen atoms in total. The molecular formula is C12H9F2NO2S. The Balaban J connectivity index is 2.64. The summed E-state index contributed by atoms with van der Waals surface area (Å²) >= 11 is 1.07. The molecule has 0 fully saturated rings. The zero-order valence-electron chi connectivity index (χ0n) is 9.37. The summed E-state index contributed by atoms with van der Waals surface area (Å²) in [5, 5.41) is 1.71. The van der Waals surface area contributed by atoms with Crippen molar-refractivity contribution in [1.29, 1.82) is 0 Å². The van der Waals surface area contributed by atoms with Crippen molar-refractivity contribution in [3.05, 3.63) is 40.8 Å². The Labute approximate surface area is 106 Å². The van der Waals surface area contributed by atoms with E-state index >= 15 is 0 Å². The van der Waals surface area contributed by atoms with Gasteiger partial charge in [0.15, 0.2) is 0 Å². The number of nitrogens with two attached hydrogens (primary N) is 1. The number of esters is 1. The van der Waals surface area contributed by atoms with Crippen molar-refractivity contribution in [2.75, 3.05) is 12.8 Å². The second kappa shape index (κ2) is 4.73. The Morgan fingerprint density at radius 2 is 2.06 bits per heavy atom. The van der Waals surface area contributed by atoms with E-state index in [-0.39, 0.29) is 21.7 Å². The first-order valence-corrected chi connectivity index (χ1v) is 5.83. The Morgan fingerprint density at radius 3 is 2.72 bits per heavy atom. The van der Waals surface area contributed by atoms with Crippen LogP contribution in [-0.4, -0.2) is 13.1 Å². The number of benzene rings is 1. The number of nitrogen functional groups attached to an aromatic ring is 1. The summed E-state index contributed by atoms with van der Waals surface area (Å²) in [6, 6.07) is 3.02. The van der Waals surface area contributed by atoms with Crippen LogP contribution in [0, 0.1) is 11.6 Å². The minimum absolute atomic E-state index is 0.0108. The number of thiophene rings is 1. The highest BCUT2D eigenvalue weighted by atomic mass is 32.1. The number of ether oxygens (including phenoxy) is 1. The first-order valence-electron chi connectivity index (χ1n) is 4.95. The average molecular weight is 269 g/mol. The van der Waals surface area contributed by atoms with E-state index in [0.717, 1.165) is 29.5 Å². The third-order valence-electron chi connectivity index (χ3n) is 2.43. The SMILES string of the molecule is COC(=O)c1c(-c2cc(F)ccc2F)csc1N. The number of anilines is 1. The van der Waals surface area contributed by atoms with E-state index in [9.17, 15) is 13.6 Å². The monoisotopic (exact) mass is 269 g/mol. The van der Waals surface area contributed by atoms with Gasteiger partial charge in [-0.15, -0.1) is 11.3 Å². The van der Waals surface area contributed by atoms with Crippen molar-refractivity contribution in [2.24, 2.45) is 0 Å². The zero-order chi connectivity index (χ0) is 13.3. The van der Waals surface area contributed by atoms with Gasteiger partial charge in [0.2, 0.25) is 0 Å². The van der Waals surface area contributed by atoms with Crippen LogP contribution in [0.15, 0.2) is 23.6 Å². The number of carbonyl (C=O) groups is 1. The molecule has 0 atom stereocenters. The molecule has 6 heteroatoms. The van der Waals surface area contributed by atoms with Crippen molar-refractivity contribution in [1.82, 2.24) is 0 Å². The lowest BCUT2D eigenvalue weighted by atomic mass is 10.0. The van der Waals surface area contributed by atoms with Gasteiger partial charge in [0, 0.05) is 16.5 Å². The van der Waals surface area contributed by atoms with Gasteiger partial charge < -0.3 is 10.5 Å². The molecule has 0 saturated heterocycles. The molecule has 1 aromatic heterocycles. The Hall–Kier alpha value is -1.95. The second-order valence-corrected chi connectivity index (χ2v) is 4.42. The maximum atomic E-state index is 13.7. The molecule has 0 amide bonds. The minimum Gasteiger partial charge on any atom is -0.465 e. The van der Waals surface area contributed by atoms with E-state index in [1.165, 1.54) is 12.5 Å². The number of carbonyl (C=O) groups excluding carboxylic acids is 1. The van der Waals surface area contributed by atoms with Crippen LogP contribution in [0.3, 0.4) is 0 Å².